The van der Waals surface area contributed by atoms with E-state index in [0.717, 1.165) is 3.57 Å². The molecule has 6 heteroatoms. The molecule has 3 aromatic carbocycles. The molecular weight excluding hydrogens is 455 g/mol. The van der Waals surface area contributed by atoms with Gasteiger partial charge in [0.15, 0.2) is 0 Å². The van der Waals surface area contributed by atoms with Gasteiger partial charge >= 0.3 is 5.63 Å². The summed E-state index contributed by atoms with van der Waals surface area (Å²) < 4.78 is 6.41. The van der Waals surface area contributed by atoms with Crippen molar-refractivity contribution < 1.29 is 9.21 Å². The summed E-state index contributed by atoms with van der Waals surface area (Å²) in [6.45, 7) is 0. The highest BCUT2D eigenvalue weighted by Gasteiger charge is 2.10. The number of anilines is 1. The van der Waals surface area contributed by atoms with Gasteiger partial charge in [0.05, 0.1) is 10.9 Å². The van der Waals surface area contributed by atoms with E-state index in [-0.39, 0.29) is 11.8 Å². The predicted octanol–water partition coefficient (Wildman–Crippen LogP) is 4.71. The van der Waals surface area contributed by atoms with Crippen LogP contribution in [-0.4, -0.2) is 10.9 Å². The molecule has 0 saturated heterocycles. The molecule has 4 aromatic rings. The molecule has 5 nitrogen and oxygen atoms in total. The zero-order chi connectivity index (χ0) is 18.8. The lowest BCUT2D eigenvalue weighted by molar-refractivity contribution is 0.102. The molecule has 0 aliphatic rings. The Kier molecular flexibility index (Phi) is 4.72. The lowest BCUT2D eigenvalue weighted by Gasteiger charge is -2.07. The third-order valence-corrected chi connectivity index (χ3v) is 4.73. The molecule has 0 radical (unpaired) electrons. The summed E-state index contributed by atoms with van der Waals surface area (Å²) in [7, 11) is 0. The second kappa shape index (κ2) is 7.32. The van der Waals surface area contributed by atoms with Gasteiger partial charge in [-0.15, -0.1) is 0 Å². The molecule has 1 heterocycles. The molecule has 0 bridgehead atoms. The highest BCUT2D eigenvalue weighted by atomic mass is 127. The van der Waals surface area contributed by atoms with Gasteiger partial charge in [-0.1, -0.05) is 18.2 Å². The molecular formula is C21H13IN2O3. The fourth-order valence-corrected chi connectivity index (χ4v) is 3.04. The molecule has 0 saturated carbocycles. The van der Waals surface area contributed by atoms with Gasteiger partial charge in [0.1, 0.15) is 0 Å². The fraction of sp³-hybridized carbons (Fsp3) is 0. The number of amides is 1. The summed E-state index contributed by atoms with van der Waals surface area (Å²) in [6, 6.07) is 21.4. The summed E-state index contributed by atoms with van der Waals surface area (Å²) in [6.07, 6.45) is 0. The van der Waals surface area contributed by atoms with Gasteiger partial charge in [-0.25, -0.2) is 9.78 Å². The summed E-state index contributed by atoms with van der Waals surface area (Å²) in [5.74, 6) is 0.000497. The van der Waals surface area contributed by atoms with Crippen molar-refractivity contribution in [2.24, 2.45) is 0 Å². The summed E-state index contributed by atoms with van der Waals surface area (Å²) >= 11 is 2.19. The van der Waals surface area contributed by atoms with Crippen LogP contribution in [0.3, 0.4) is 0 Å². The highest BCUT2D eigenvalue weighted by Crippen LogP contribution is 2.22. The normalized spacial score (nSPS) is 10.7. The first-order chi connectivity index (χ1) is 13.1. The fourth-order valence-electron chi connectivity index (χ4n) is 2.68. The van der Waals surface area contributed by atoms with Crippen LogP contribution in [0, 0.1) is 3.57 Å². The summed E-state index contributed by atoms with van der Waals surface area (Å²) in [4.78, 5) is 29.0. The first kappa shape index (κ1) is 17.4. The molecule has 0 atom stereocenters. The van der Waals surface area contributed by atoms with Crippen molar-refractivity contribution in [3.8, 4) is 11.5 Å². The van der Waals surface area contributed by atoms with Crippen LogP contribution in [0.2, 0.25) is 0 Å². The van der Waals surface area contributed by atoms with Crippen molar-refractivity contribution in [2.75, 3.05) is 5.32 Å². The smallest absolute Gasteiger partial charge is 0.347 e. The molecule has 1 aromatic heterocycles. The summed E-state index contributed by atoms with van der Waals surface area (Å²) in [5, 5.41) is 3.29. The van der Waals surface area contributed by atoms with Gasteiger partial charge in [0, 0.05) is 20.4 Å². The maximum absolute atomic E-state index is 12.4. The van der Waals surface area contributed by atoms with Crippen molar-refractivity contribution in [3.63, 3.8) is 0 Å². The second-order valence-electron chi connectivity index (χ2n) is 5.87. The number of benzene rings is 3. The lowest BCUT2D eigenvalue weighted by Crippen LogP contribution is -2.11. The number of halogens is 1. The maximum Gasteiger partial charge on any atom is 0.347 e. The molecule has 4 rings (SSSR count). The third-order valence-electron chi connectivity index (χ3n) is 4.01. The van der Waals surface area contributed by atoms with Crippen molar-refractivity contribution >= 4 is 45.1 Å². The minimum atomic E-state index is -0.441. The van der Waals surface area contributed by atoms with E-state index in [1.807, 2.05) is 18.2 Å². The Labute approximate surface area is 168 Å². The van der Waals surface area contributed by atoms with E-state index in [0.29, 0.717) is 27.7 Å². The number of nitrogens with zero attached hydrogens (tertiary/aromatic N) is 1. The standard InChI is InChI=1S/C21H13IN2O3/c22-15-10-8-13(9-11-15)19(25)23-16-5-3-4-14(12-16)20-24-18-7-2-1-6-17(18)21(26)27-20/h1-12H,(H,23,25). The zero-order valence-corrected chi connectivity index (χ0v) is 16.1. The Bertz CT molecular complexity index is 1200. The zero-order valence-electron chi connectivity index (χ0n) is 14.0. The minimum Gasteiger partial charge on any atom is -0.403 e. The number of para-hydroxylation sites is 1. The topological polar surface area (TPSA) is 72.2 Å². The van der Waals surface area contributed by atoms with Crippen LogP contribution in [0.4, 0.5) is 5.69 Å². The van der Waals surface area contributed by atoms with Gasteiger partial charge in [-0.05, 0) is 77.2 Å². The third kappa shape index (κ3) is 3.75. The molecule has 1 amide bonds. The molecule has 0 aliphatic carbocycles. The molecule has 0 aliphatic heterocycles. The molecule has 1 N–H and O–H groups in total. The van der Waals surface area contributed by atoms with E-state index in [1.165, 1.54) is 0 Å². The van der Waals surface area contributed by atoms with Gasteiger partial charge in [-0.3, -0.25) is 4.79 Å². The molecule has 27 heavy (non-hydrogen) atoms. The van der Waals surface area contributed by atoms with E-state index < -0.39 is 5.63 Å². The number of aromatic nitrogens is 1. The van der Waals surface area contributed by atoms with Gasteiger partial charge in [-0.2, -0.15) is 0 Å². The number of hydrogen-bond donors (Lipinski definition) is 1. The average Bonchev–Trinajstić information content (AvgIpc) is 2.68. The van der Waals surface area contributed by atoms with E-state index in [9.17, 15) is 9.59 Å². The Balaban J connectivity index is 1.66. The van der Waals surface area contributed by atoms with E-state index in [2.05, 4.69) is 32.9 Å². The number of nitrogens with one attached hydrogen (secondary N) is 1. The number of hydrogen-bond acceptors (Lipinski definition) is 4. The monoisotopic (exact) mass is 468 g/mol. The van der Waals surface area contributed by atoms with Crippen LogP contribution >= 0.6 is 22.6 Å². The SMILES string of the molecule is O=C(Nc1cccc(-c2nc3ccccc3c(=O)o2)c1)c1ccc(I)cc1. The quantitative estimate of drug-likeness (QED) is 0.442. The Morgan fingerprint density at radius 2 is 1.74 bits per heavy atom. The lowest BCUT2D eigenvalue weighted by atomic mass is 10.1. The number of carbonyl (C=O) groups is 1. The number of carbonyl (C=O) groups excluding carboxylic acids is 1. The first-order valence-corrected chi connectivity index (χ1v) is 9.25. The minimum absolute atomic E-state index is 0.212. The van der Waals surface area contributed by atoms with Crippen LogP contribution in [0.1, 0.15) is 10.4 Å². The Hall–Kier alpha value is -3.00. The van der Waals surface area contributed by atoms with Crippen LogP contribution in [0.15, 0.2) is 82.0 Å². The Morgan fingerprint density at radius 1 is 0.963 bits per heavy atom. The van der Waals surface area contributed by atoms with Crippen molar-refractivity contribution in [3.05, 3.63) is 92.4 Å². The van der Waals surface area contributed by atoms with Crippen molar-refractivity contribution in [1.29, 1.82) is 0 Å². The maximum atomic E-state index is 12.4. The molecule has 132 valence electrons. The predicted molar refractivity (Wildman–Crippen MR) is 113 cm³/mol. The van der Waals surface area contributed by atoms with Gasteiger partial charge in [0.25, 0.3) is 5.91 Å². The second-order valence-corrected chi connectivity index (χ2v) is 7.11. The first-order valence-electron chi connectivity index (χ1n) is 8.17. The molecule has 0 spiro atoms. The van der Waals surface area contributed by atoms with Crippen LogP contribution < -0.4 is 10.9 Å². The van der Waals surface area contributed by atoms with E-state index >= 15 is 0 Å². The molecule has 0 unspecified atom stereocenters. The largest absolute Gasteiger partial charge is 0.403 e. The van der Waals surface area contributed by atoms with Crippen LogP contribution in [-0.2, 0) is 0 Å². The van der Waals surface area contributed by atoms with E-state index in [4.69, 9.17) is 4.42 Å². The van der Waals surface area contributed by atoms with Gasteiger partial charge in [0.2, 0.25) is 5.89 Å². The number of rotatable bonds is 3. The Morgan fingerprint density at radius 3 is 2.56 bits per heavy atom. The van der Waals surface area contributed by atoms with Crippen LogP contribution in [0.25, 0.3) is 22.4 Å². The van der Waals surface area contributed by atoms with Crippen molar-refractivity contribution in [1.82, 2.24) is 4.98 Å². The average molecular weight is 468 g/mol. The van der Waals surface area contributed by atoms with Crippen molar-refractivity contribution in [2.45, 2.75) is 0 Å². The van der Waals surface area contributed by atoms with Gasteiger partial charge < -0.3 is 9.73 Å². The van der Waals surface area contributed by atoms with Crippen LogP contribution in [0.5, 0.6) is 0 Å². The molecule has 0 fully saturated rings. The number of fused-ring (bicyclic) bond motifs is 1. The summed E-state index contributed by atoms with van der Waals surface area (Å²) in [5.41, 5.74) is 1.89. The van der Waals surface area contributed by atoms with E-state index in [1.54, 1.807) is 54.6 Å². The highest BCUT2D eigenvalue weighted by molar-refractivity contribution is 14.1.